The van der Waals surface area contributed by atoms with E-state index in [1.165, 1.54) is 17.5 Å². The summed E-state index contributed by atoms with van der Waals surface area (Å²) in [7, 11) is 0. The number of nitrogens with one attached hydrogen (secondary N) is 1. The minimum absolute atomic E-state index is 0.280. The van der Waals surface area contributed by atoms with Gasteiger partial charge in [0.2, 0.25) is 0 Å². The van der Waals surface area contributed by atoms with Crippen LogP contribution in [-0.4, -0.2) is 12.5 Å². The van der Waals surface area contributed by atoms with Gasteiger partial charge in [-0.1, -0.05) is 29.8 Å². The maximum Gasteiger partial charge on any atom is 0.291 e. The molecule has 0 unspecified atom stereocenters. The second-order valence-corrected chi connectivity index (χ2v) is 6.49. The van der Waals surface area contributed by atoms with E-state index in [0.717, 1.165) is 24.2 Å². The van der Waals surface area contributed by atoms with Gasteiger partial charge in [0.1, 0.15) is 0 Å². The lowest BCUT2D eigenvalue weighted by Gasteiger charge is -2.21. The highest BCUT2D eigenvalue weighted by Gasteiger charge is 2.22. The highest BCUT2D eigenvalue weighted by atomic mass is 35.5. The summed E-state index contributed by atoms with van der Waals surface area (Å²) in [6.45, 7) is 2.73. The standard InChI is InChI=1S/C20H17ClN2O2/c1-13-9-11-25-19(13)20(24)22-15-6-7-18(16(21)12-15)23-10-8-14-4-2-3-5-17(14)23/h2-7,9,11-12H,8,10H2,1H3,(H,22,24). The molecule has 3 aromatic rings. The molecule has 5 heteroatoms. The molecule has 25 heavy (non-hydrogen) atoms. The Hall–Kier alpha value is -2.72. The van der Waals surface area contributed by atoms with Crippen molar-refractivity contribution in [3.63, 3.8) is 0 Å². The second kappa shape index (κ2) is 6.30. The van der Waals surface area contributed by atoms with Crippen LogP contribution in [0.3, 0.4) is 0 Å². The first kappa shape index (κ1) is 15.8. The van der Waals surface area contributed by atoms with Crippen LogP contribution in [0.4, 0.5) is 17.1 Å². The smallest absolute Gasteiger partial charge is 0.291 e. The predicted molar refractivity (Wildman–Crippen MR) is 100 cm³/mol. The van der Waals surface area contributed by atoms with Gasteiger partial charge in [-0.3, -0.25) is 4.79 Å². The fourth-order valence-electron chi connectivity index (χ4n) is 3.19. The van der Waals surface area contributed by atoms with E-state index in [9.17, 15) is 4.79 Å². The summed E-state index contributed by atoms with van der Waals surface area (Å²) >= 11 is 6.50. The first-order chi connectivity index (χ1) is 12.1. The van der Waals surface area contributed by atoms with Crippen LogP contribution in [0.5, 0.6) is 0 Å². The molecule has 0 atom stereocenters. The molecule has 0 bridgehead atoms. The zero-order valence-corrected chi connectivity index (χ0v) is 14.5. The van der Waals surface area contributed by atoms with Crippen molar-refractivity contribution in [2.45, 2.75) is 13.3 Å². The summed E-state index contributed by atoms with van der Waals surface area (Å²) < 4.78 is 5.22. The van der Waals surface area contributed by atoms with Gasteiger partial charge < -0.3 is 14.6 Å². The van der Waals surface area contributed by atoms with E-state index in [-0.39, 0.29) is 5.91 Å². The van der Waals surface area contributed by atoms with Gasteiger partial charge in [-0.25, -0.2) is 0 Å². The number of rotatable bonds is 3. The van der Waals surface area contributed by atoms with Crippen molar-refractivity contribution < 1.29 is 9.21 Å². The number of fused-ring (bicyclic) bond motifs is 1. The molecule has 2 heterocycles. The summed E-state index contributed by atoms with van der Waals surface area (Å²) in [5.41, 5.74) is 4.89. The molecule has 4 nitrogen and oxygen atoms in total. The Kier molecular flexibility index (Phi) is 3.98. The fourth-order valence-corrected chi connectivity index (χ4v) is 3.47. The lowest BCUT2D eigenvalue weighted by molar-refractivity contribution is 0.0996. The topological polar surface area (TPSA) is 45.5 Å². The third kappa shape index (κ3) is 2.89. The van der Waals surface area contributed by atoms with Gasteiger partial charge in [0.15, 0.2) is 5.76 Å². The van der Waals surface area contributed by atoms with Crippen LogP contribution in [-0.2, 0) is 6.42 Å². The van der Waals surface area contributed by atoms with E-state index in [1.54, 1.807) is 12.1 Å². The molecule has 0 radical (unpaired) electrons. The van der Waals surface area contributed by atoms with Crippen LogP contribution < -0.4 is 10.2 Å². The summed E-state index contributed by atoms with van der Waals surface area (Å²) in [4.78, 5) is 14.5. The van der Waals surface area contributed by atoms with Gasteiger partial charge in [-0.2, -0.15) is 0 Å². The molecule has 1 aliphatic heterocycles. The third-order valence-electron chi connectivity index (χ3n) is 4.45. The highest BCUT2D eigenvalue weighted by molar-refractivity contribution is 6.33. The number of hydrogen-bond acceptors (Lipinski definition) is 3. The summed E-state index contributed by atoms with van der Waals surface area (Å²) in [6, 6.07) is 15.7. The molecule has 0 fully saturated rings. The number of carbonyl (C=O) groups excluding carboxylic acids is 1. The first-order valence-corrected chi connectivity index (χ1v) is 8.52. The number of nitrogens with zero attached hydrogens (tertiary/aromatic N) is 1. The van der Waals surface area contributed by atoms with Crippen molar-refractivity contribution in [1.29, 1.82) is 0 Å². The summed E-state index contributed by atoms with van der Waals surface area (Å²) in [5, 5.41) is 3.43. The molecule has 0 saturated heterocycles. The molecular weight excluding hydrogens is 336 g/mol. The van der Waals surface area contributed by atoms with Gasteiger partial charge in [-0.05, 0) is 49.2 Å². The molecule has 126 valence electrons. The van der Waals surface area contributed by atoms with E-state index in [1.807, 2.05) is 25.1 Å². The lowest BCUT2D eigenvalue weighted by atomic mass is 10.2. The highest BCUT2D eigenvalue weighted by Crippen LogP contribution is 2.39. The normalized spacial score (nSPS) is 13.0. The Labute approximate surface area is 151 Å². The third-order valence-corrected chi connectivity index (χ3v) is 4.75. The monoisotopic (exact) mass is 352 g/mol. The molecule has 4 rings (SSSR count). The van der Waals surface area contributed by atoms with Crippen molar-refractivity contribution >= 4 is 34.6 Å². The van der Waals surface area contributed by atoms with Gasteiger partial charge in [-0.15, -0.1) is 0 Å². The van der Waals surface area contributed by atoms with E-state index in [2.05, 4.69) is 28.4 Å². The van der Waals surface area contributed by atoms with Crippen molar-refractivity contribution in [2.24, 2.45) is 0 Å². The minimum Gasteiger partial charge on any atom is -0.459 e. The zero-order chi connectivity index (χ0) is 17.4. The number of halogens is 1. The Balaban J connectivity index is 1.58. The SMILES string of the molecule is Cc1ccoc1C(=O)Nc1ccc(N2CCc3ccccc32)c(Cl)c1. The molecule has 1 aromatic heterocycles. The van der Waals surface area contributed by atoms with Crippen LogP contribution in [0.25, 0.3) is 0 Å². The van der Waals surface area contributed by atoms with Crippen LogP contribution in [0, 0.1) is 6.92 Å². The lowest BCUT2D eigenvalue weighted by Crippen LogP contribution is -2.15. The molecule has 1 amide bonds. The van der Waals surface area contributed by atoms with Gasteiger partial charge >= 0.3 is 0 Å². The van der Waals surface area contributed by atoms with Gasteiger partial charge in [0.25, 0.3) is 5.91 Å². The number of hydrogen-bond donors (Lipinski definition) is 1. The van der Waals surface area contributed by atoms with Crippen molar-refractivity contribution in [2.75, 3.05) is 16.8 Å². The number of benzene rings is 2. The van der Waals surface area contributed by atoms with E-state index in [0.29, 0.717) is 16.5 Å². The summed E-state index contributed by atoms with van der Waals surface area (Å²) in [6.07, 6.45) is 2.51. The van der Waals surface area contributed by atoms with Crippen LogP contribution >= 0.6 is 11.6 Å². The van der Waals surface area contributed by atoms with Crippen molar-refractivity contribution in [1.82, 2.24) is 0 Å². The molecule has 2 aromatic carbocycles. The van der Waals surface area contributed by atoms with E-state index in [4.69, 9.17) is 16.0 Å². The largest absolute Gasteiger partial charge is 0.459 e. The Morgan fingerprint density at radius 3 is 2.76 bits per heavy atom. The Morgan fingerprint density at radius 2 is 2.00 bits per heavy atom. The predicted octanol–water partition coefficient (Wildman–Crippen LogP) is 5.19. The second-order valence-electron chi connectivity index (χ2n) is 6.08. The van der Waals surface area contributed by atoms with E-state index < -0.39 is 0 Å². The number of furan rings is 1. The maximum atomic E-state index is 12.3. The number of aryl methyl sites for hydroxylation is 1. The van der Waals surface area contributed by atoms with Crippen LogP contribution in [0.15, 0.2) is 59.2 Å². The first-order valence-electron chi connectivity index (χ1n) is 8.14. The van der Waals surface area contributed by atoms with Crippen molar-refractivity contribution in [3.05, 3.63) is 76.7 Å². The summed E-state index contributed by atoms with van der Waals surface area (Å²) in [5.74, 6) is 0.0338. The van der Waals surface area contributed by atoms with E-state index >= 15 is 0 Å². The molecule has 0 aliphatic carbocycles. The fraction of sp³-hybridized carbons (Fsp3) is 0.150. The zero-order valence-electron chi connectivity index (χ0n) is 13.8. The number of para-hydroxylation sites is 1. The molecule has 1 aliphatic rings. The van der Waals surface area contributed by atoms with Crippen LogP contribution in [0.2, 0.25) is 5.02 Å². The average Bonchev–Trinajstić information content (AvgIpc) is 3.21. The van der Waals surface area contributed by atoms with Gasteiger partial charge in [0.05, 0.1) is 17.0 Å². The molecule has 1 N–H and O–H groups in total. The number of anilines is 3. The number of carbonyl (C=O) groups is 1. The maximum absolute atomic E-state index is 12.3. The molecule has 0 saturated carbocycles. The molecular formula is C20H17ClN2O2. The minimum atomic E-state index is -0.280. The number of amides is 1. The van der Waals surface area contributed by atoms with Crippen LogP contribution in [0.1, 0.15) is 21.7 Å². The van der Waals surface area contributed by atoms with Gasteiger partial charge in [0, 0.05) is 23.5 Å². The molecule has 0 spiro atoms. The quantitative estimate of drug-likeness (QED) is 0.705. The average molecular weight is 353 g/mol. The Bertz CT molecular complexity index is 948. The Morgan fingerprint density at radius 1 is 1.16 bits per heavy atom. The van der Waals surface area contributed by atoms with Crippen molar-refractivity contribution in [3.8, 4) is 0 Å².